The van der Waals surface area contributed by atoms with Crippen LogP contribution < -0.4 is 5.32 Å². The van der Waals surface area contributed by atoms with Crippen molar-refractivity contribution in [1.29, 1.82) is 0 Å². The van der Waals surface area contributed by atoms with Crippen LogP contribution in [0.25, 0.3) is 6.08 Å². The van der Waals surface area contributed by atoms with E-state index in [9.17, 15) is 9.59 Å². The Morgan fingerprint density at radius 2 is 2.33 bits per heavy atom. The molecule has 1 heterocycles. The summed E-state index contributed by atoms with van der Waals surface area (Å²) in [6.45, 7) is 1.96. The molecule has 0 aliphatic rings. The van der Waals surface area contributed by atoms with E-state index in [-0.39, 0.29) is 5.91 Å². The minimum atomic E-state index is -0.0610. The summed E-state index contributed by atoms with van der Waals surface area (Å²) in [7, 11) is 0. The molecule has 4 nitrogen and oxygen atoms in total. The maximum Gasteiger partial charge on any atom is 0.217 e. The van der Waals surface area contributed by atoms with Crippen LogP contribution in [0.1, 0.15) is 23.0 Å². The molecule has 0 aliphatic heterocycles. The van der Waals surface area contributed by atoms with Crippen LogP contribution in [-0.4, -0.2) is 23.7 Å². The summed E-state index contributed by atoms with van der Waals surface area (Å²) in [6.07, 6.45) is 5.95. The van der Waals surface area contributed by atoms with E-state index in [2.05, 4.69) is 10.3 Å². The quantitative estimate of drug-likeness (QED) is 0.745. The van der Waals surface area contributed by atoms with Crippen molar-refractivity contribution in [3.8, 4) is 0 Å². The largest absolute Gasteiger partial charge is 0.353 e. The summed E-state index contributed by atoms with van der Waals surface area (Å²) in [5.74, 6) is -0.0610. The van der Waals surface area contributed by atoms with E-state index >= 15 is 0 Å². The van der Waals surface area contributed by atoms with Gasteiger partial charge in [-0.05, 0) is 11.6 Å². The van der Waals surface area contributed by atoms with Crippen LogP contribution >= 0.6 is 0 Å². The molecular weight excluding hydrogens is 192 g/mol. The second kappa shape index (κ2) is 5.70. The Hall–Kier alpha value is -1.97. The lowest BCUT2D eigenvalue weighted by Crippen LogP contribution is -2.19. The van der Waals surface area contributed by atoms with Crippen molar-refractivity contribution >= 4 is 18.3 Å². The van der Waals surface area contributed by atoms with Crippen LogP contribution in [0.4, 0.5) is 0 Å². The Balaban J connectivity index is 2.49. The van der Waals surface area contributed by atoms with E-state index in [0.29, 0.717) is 18.5 Å². The maximum absolute atomic E-state index is 10.5. The van der Waals surface area contributed by atoms with Crippen LogP contribution in [0.5, 0.6) is 0 Å². The Morgan fingerprint density at radius 1 is 1.53 bits per heavy atom. The summed E-state index contributed by atoms with van der Waals surface area (Å²) in [6, 6.07) is 3.44. The third-order valence-corrected chi connectivity index (χ3v) is 1.71. The number of amides is 1. The molecule has 0 unspecified atom stereocenters. The highest BCUT2D eigenvalue weighted by molar-refractivity contribution is 5.73. The average molecular weight is 204 g/mol. The van der Waals surface area contributed by atoms with Gasteiger partial charge >= 0.3 is 0 Å². The van der Waals surface area contributed by atoms with Crippen molar-refractivity contribution in [3.05, 3.63) is 35.7 Å². The molecule has 1 aromatic rings. The number of rotatable bonds is 4. The fourth-order valence-corrected chi connectivity index (χ4v) is 0.983. The fraction of sp³-hybridized carbons (Fsp3) is 0.182. The topological polar surface area (TPSA) is 59.1 Å². The highest BCUT2D eigenvalue weighted by atomic mass is 16.1. The van der Waals surface area contributed by atoms with Crippen molar-refractivity contribution in [1.82, 2.24) is 10.3 Å². The molecule has 1 rings (SSSR count). The predicted molar refractivity (Wildman–Crippen MR) is 57.3 cm³/mol. The van der Waals surface area contributed by atoms with Crippen LogP contribution in [0, 0.1) is 0 Å². The third kappa shape index (κ3) is 4.17. The van der Waals surface area contributed by atoms with Gasteiger partial charge in [-0.1, -0.05) is 18.2 Å². The molecule has 15 heavy (non-hydrogen) atoms. The van der Waals surface area contributed by atoms with Gasteiger partial charge < -0.3 is 5.32 Å². The molecule has 78 valence electrons. The lowest BCUT2D eigenvalue weighted by Gasteiger charge is -1.95. The highest BCUT2D eigenvalue weighted by Crippen LogP contribution is 2.00. The summed E-state index contributed by atoms with van der Waals surface area (Å²) in [4.78, 5) is 24.8. The van der Waals surface area contributed by atoms with E-state index in [0.717, 1.165) is 5.56 Å². The zero-order chi connectivity index (χ0) is 11.1. The third-order valence-electron chi connectivity index (χ3n) is 1.71. The summed E-state index contributed by atoms with van der Waals surface area (Å²) in [5.41, 5.74) is 1.31. The minimum Gasteiger partial charge on any atom is -0.353 e. The van der Waals surface area contributed by atoms with Crippen LogP contribution in [0.15, 0.2) is 24.4 Å². The fourth-order valence-electron chi connectivity index (χ4n) is 0.983. The molecule has 0 fully saturated rings. The summed E-state index contributed by atoms with van der Waals surface area (Å²) in [5, 5.41) is 2.64. The molecule has 0 aromatic carbocycles. The van der Waals surface area contributed by atoms with Crippen molar-refractivity contribution in [2.45, 2.75) is 6.92 Å². The van der Waals surface area contributed by atoms with Crippen molar-refractivity contribution in [3.63, 3.8) is 0 Å². The lowest BCUT2D eigenvalue weighted by atomic mass is 10.2. The number of aromatic nitrogens is 1. The van der Waals surface area contributed by atoms with Gasteiger partial charge in [0, 0.05) is 19.7 Å². The van der Waals surface area contributed by atoms with Crippen LogP contribution in [-0.2, 0) is 4.79 Å². The number of aldehydes is 1. The zero-order valence-corrected chi connectivity index (χ0v) is 8.43. The molecule has 0 bridgehead atoms. The monoisotopic (exact) mass is 204 g/mol. The van der Waals surface area contributed by atoms with E-state index in [1.54, 1.807) is 18.3 Å². The molecule has 1 aromatic heterocycles. The molecule has 0 saturated heterocycles. The molecule has 0 radical (unpaired) electrons. The molecule has 1 N–H and O–H groups in total. The van der Waals surface area contributed by atoms with Gasteiger partial charge in [0.2, 0.25) is 5.91 Å². The minimum absolute atomic E-state index is 0.0610. The lowest BCUT2D eigenvalue weighted by molar-refractivity contribution is -0.118. The Kier molecular flexibility index (Phi) is 4.22. The van der Waals surface area contributed by atoms with E-state index in [4.69, 9.17) is 0 Å². The van der Waals surface area contributed by atoms with Crippen molar-refractivity contribution in [2.24, 2.45) is 0 Å². The van der Waals surface area contributed by atoms with Crippen molar-refractivity contribution in [2.75, 3.05) is 6.54 Å². The highest BCUT2D eigenvalue weighted by Gasteiger charge is 1.90. The van der Waals surface area contributed by atoms with Gasteiger partial charge in [-0.2, -0.15) is 0 Å². The van der Waals surface area contributed by atoms with E-state index < -0.39 is 0 Å². The molecule has 0 spiro atoms. The number of hydrogen-bond acceptors (Lipinski definition) is 3. The zero-order valence-electron chi connectivity index (χ0n) is 8.43. The van der Waals surface area contributed by atoms with Crippen LogP contribution in [0.2, 0.25) is 0 Å². The van der Waals surface area contributed by atoms with Gasteiger partial charge in [-0.25, -0.2) is 0 Å². The van der Waals surface area contributed by atoms with Gasteiger partial charge in [-0.3, -0.25) is 14.6 Å². The van der Waals surface area contributed by atoms with E-state index in [1.807, 2.05) is 12.2 Å². The standard InChI is InChI=1S/C11H12N2O2/c1-9(15)12-6-2-3-10-4-5-11(8-14)13-7-10/h2-5,7-8H,6H2,1H3,(H,12,15). The Bertz CT molecular complexity index is 369. The Morgan fingerprint density at radius 3 is 2.87 bits per heavy atom. The average Bonchev–Trinajstić information content (AvgIpc) is 2.25. The van der Waals surface area contributed by atoms with Gasteiger partial charge in [0.1, 0.15) is 5.69 Å². The van der Waals surface area contributed by atoms with Crippen molar-refractivity contribution < 1.29 is 9.59 Å². The number of carbonyl (C=O) groups excluding carboxylic acids is 2. The predicted octanol–water partition coefficient (Wildman–Crippen LogP) is 1.04. The SMILES string of the molecule is CC(=O)NCC=Cc1ccc(C=O)nc1. The van der Waals surface area contributed by atoms with Gasteiger partial charge in [0.15, 0.2) is 6.29 Å². The molecule has 0 aliphatic carbocycles. The van der Waals surface area contributed by atoms with Gasteiger partial charge in [0.25, 0.3) is 0 Å². The molecule has 0 atom stereocenters. The Labute approximate surface area is 88.0 Å². The smallest absolute Gasteiger partial charge is 0.217 e. The second-order valence-electron chi connectivity index (χ2n) is 2.97. The maximum atomic E-state index is 10.5. The number of pyridine rings is 1. The first-order chi connectivity index (χ1) is 7.22. The summed E-state index contributed by atoms with van der Waals surface area (Å²) >= 11 is 0. The number of nitrogens with zero attached hydrogens (tertiary/aromatic N) is 1. The first kappa shape index (κ1) is 11.1. The number of nitrogens with one attached hydrogen (secondary N) is 1. The van der Waals surface area contributed by atoms with E-state index in [1.165, 1.54) is 6.92 Å². The molecule has 0 saturated carbocycles. The molecular formula is C11H12N2O2. The first-order valence-electron chi connectivity index (χ1n) is 4.54. The second-order valence-corrected chi connectivity index (χ2v) is 2.97. The summed E-state index contributed by atoms with van der Waals surface area (Å²) < 4.78 is 0. The normalized spacial score (nSPS) is 10.2. The van der Waals surface area contributed by atoms with Gasteiger partial charge in [0.05, 0.1) is 0 Å². The molecule has 4 heteroatoms. The van der Waals surface area contributed by atoms with Gasteiger partial charge in [-0.15, -0.1) is 0 Å². The number of carbonyl (C=O) groups is 2. The van der Waals surface area contributed by atoms with Crippen LogP contribution in [0.3, 0.4) is 0 Å². The first-order valence-corrected chi connectivity index (χ1v) is 4.54. The molecule has 1 amide bonds. The number of hydrogen-bond donors (Lipinski definition) is 1.